The van der Waals surface area contributed by atoms with E-state index in [1.165, 1.54) is 38.5 Å². The van der Waals surface area contributed by atoms with Gasteiger partial charge in [-0.2, -0.15) is 0 Å². The molecule has 4 aliphatic rings. The molecule has 4 rings (SSSR count). The van der Waals surface area contributed by atoms with Gasteiger partial charge in [0.25, 0.3) is 0 Å². The molecule has 4 saturated carbocycles. The van der Waals surface area contributed by atoms with E-state index in [4.69, 9.17) is 0 Å². The van der Waals surface area contributed by atoms with Crippen molar-refractivity contribution in [3.05, 3.63) is 0 Å². The minimum absolute atomic E-state index is 0.311. The van der Waals surface area contributed by atoms with Crippen LogP contribution in [-0.4, -0.2) is 12.5 Å². The van der Waals surface area contributed by atoms with Gasteiger partial charge >= 0.3 is 0 Å². The van der Waals surface area contributed by atoms with Gasteiger partial charge in [-0.25, -0.2) is 0 Å². The van der Waals surface area contributed by atoms with E-state index in [0.29, 0.717) is 17.2 Å². The zero-order valence-electron chi connectivity index (χ0n) is 11.9. The van der Waals surface area contributed by atoms with Crippen molar-refractivity contribution >= 4 is 5.91 Å². The lowest BCUT2D eigenvalue weighted by Gasteiger charge is -2.56. The molecule has 102 valence electrons. The molecule has 2 heteroatoms. The highest BCUT2D eigenvalue weighted by molar-refractivity contribution is 5.76. The smallest absolute Gasteiger partial charge is 0.220 e. The fraction of sp³-hybridized carbons (Fsp3) is 0.938. The number of amides is 1. The van der Waals surface area contributed by atoms with Crippen LogP contribution in [0, 0.1) is 29.1 Å². The van der Waals surface area contributed by atoms with E-state index >= 15 is 0 Å². The van der Waals surface area contributed by atoms with E-state index in [1.807, 2.05) is 0 Å². The van der Waals surface area contributed by atoms with E-state index in [-0.39, 0.29) is 0 Å². The quantitative estimate of drug-likeness (QED) is 0.813. The number of nitrogens with one attached hydrogen (secondary N) is 1. The number of rotatable bonds is 4. The average molecular weight is 249 g/mol. The Hall–Kier alpha value is -0.530. The summed E-state index contributed by atoms with van der Waals surface area (Å²) in [6, 6.07) is 0. The van der Waals surface area contributed by atoms with E-state index in [0.717, 1.165) is 30.7 Å². The van der Waals surface area contributed by atoms with Crippen LogP contribution >= 0.6 is 0 Å². The average Bonchev–Trinajstić information content (AvgIpc) is 2.23. The first-order chi connectivity index (χ1) is 8.55. The third-order valence-corrected chi connectivity index (χ3v) is 5.41. The van der Waals surface area contributed by atoms with Crippen LogP contribution in [-0.2, 0) is 4.79 Å². The van der Waals surface area contributed by atoms with Crippen LogP contribution in [0.3, 0.4) is 0 Å². The van der Waals surface area contributed by atoms with Gasteiger partial charge in [0.1, 0.15) is 0 Å². The predicted molar refractivity (Wildman–Crippen MR) is 73.1 cm³/mol. The first-order valence-electron chi connectivity index (χ1n) is 7.81. The Morgan fingerprint density at radius 1 is 1.11 bits per heavy atom. The molecular formula is C16H27NO. The van der Waals surface area contributed by atoms with E-state index in [2.05, 4.69) is 19.2 Å². The van der Waals surface area contributed by atoms with Gasteiger partial charge in [-0.1, -0.05) is 13.8 Å². The molecule has 2 nitrogen and oxygen atoms in total. The summed E-state index contributed by atoms with van der Waals surface area (Å²) >= 11 is 0. The van der Waals surface area contributed by atoms with Crippen molar-refractivity contribution in [3.8, 4) is 0 Å². The molecule has 1 N–H and O–H groups in total. The lowest BCUT2D eigenvalue weighted by Crippen LogP contribution is -2.48. The van der Waals surface area contributed by atoms with Crippen molar-refractivity contribution in [3.63, 3.8) is 0 Å². The zero-order chi connectivity index (χ0) is 12.8. The van der Waals surface area contributed by atoms with E-state index in [9.17, 15) is 4.79 Å². The molecule has 0 radical (unpaired) electrons. The molecule has 0 heterocycles. The summed E-state index contributed by atoms with van der Waals surface area (Å²) in [5, 5.41) is 3.12. The second kappa shape index (κ2) is 4.54. The Bertz CT molecular complexity index is 299. The van der Waals surface area contributed by atoms with Crippen molar-refractivity contribution in [2.45, 2.75) is 58.8 Å². The molecule has 1 amide bonds. The molecule has 0 spiro atoms. The van der Waals surface area contributed by atoms with Crippen LogP contribution in [0.5, 0.6) is 0 Å². The van der Waals surface area contributed by atoms with Gasteiger partial charge in [0, 0.05) is 13.0 Å². The van der Waals surface area contributed by atoms with Gasteiger partial charge in [0.15, 0.2) is 0 Å². The van der Waals surface area contributed by atoms with Gasteiger partial charge in [0.05, 0.1) is 0 Å². The van der Waals surface area contributed by atoms with Crippen LogP contribution in [0.2, 0.25) is 0 Å². The van der Waals surface area contributed by atoms with Crippen LogP contribution in [0.25, 0.3) is 0 Å². The Labute approximate surface area is 111 Å². The van der Waals surface area contributed by atoms with Crippen LogP contribution in [0.15, 0.2) is 0 Å². The van der Waals surface area contributed by atoms with Crippen LogP contribution < -0.4 is 5.32 Å². The van der Waals surface area contributed by atoms with Crippen molar-refractivity contribution in [2.24, 2.45) is 29.1 Å². The molecule has 0 atom stereocenters. The maximum Gasteiger partial charge on any atom is 0.220 e. The molecule has 4 aliphatic carbocycles. The highest BCUT2D eigenvalue weighted by Crippen LogP contribution is 2.61. The number of carbonyl (C=O) groups is 1. The summed E-state index contributed by atoms with van der Waals surface area (Å²) in [5.74, 6) is 3.73. The summed E-state index contributed by atoms with van der Waals surface area (Å²) in [5.41, 5.74) is 0.399. The lowest BCUT2D eigenvalue weighted by molar-refractivity contribution is -0.129. The second-order valence-electron chi connectivity index (χ2n) is 7.79. The Balaban J connectivity index is 1.60. The largest absolute Gasteiger partial charge is 0.356 e. The van der Waals surface area contributed by atoms with Crippen molar-refractivity contribution in [1.29, 1.82) is 0 Å². The first-order valence-corrected chi connectivity index (χ1v) is 7.81. The normalized spacial score (nSPS) is 41.4. The molecule has 0 saturated heterocycles. The molecule has 0 aliphatic heterocycles. The fourth-order valence-electron chi connectivity index (χ4n) is 5.23. The summed E-state index contributed by atoms with van der Waals surface area (Å²) in [6.07, 6.45) is 9.23. The number of carbonyl (C=O) groups excluding carboxylic acids is 1. The molecule has 0 aromatic heterocycles. The monoisotopic (exact) mass is 249 g/mol. The van der Waals surface area contributed by atoms with Crippen molar-refractivity contribution in [2.75, 3.05) is 6.54 Å². The van der Waals surface area contributed by atoms with Crippen LogP contribution in [0.1, 0.15) is 58.8 Å². The van der Waals surface area contributed by atoms with Gasteiger partial charge in [-0.3, -0.25) is 4.79 Å². The second-order valence-corrected chi connectivity index (χ2v) is 7.79. The molecule has 18 heavy (non-hydrogen) atoms. The third kappa shape index (κ3) is 2.44. The maximum absolute atomic E-state index is 12.1. The van der Waals surface area contributed by atoms with Crippen molar-refractivity contribution in [1.82, 2.24) is 5.32 Å². The summed E-state index contributed by atoms with van der Waals surface area (Å²) < 4.78 is 0. The fourth-order valence-corrected chi connectivity index (χ4v) is 5.23. The topological polar surface area (TPSA) is 29.1 Å². The zero-order valence-corrected chi connectivity index (χ0v) is 11.9. The minimum Gasteiger partial charge on any atom is -0.356 e. The molecule has 0 aromatic carbocycles. The Morgan fingerprint density at radius 2 is 1.61 bits per heavy atom. The van der Waals surface area contributed by atoms with Gasteiger partial charge in [0.2, 0.25) is 5.91 Å². The van der Waals surface area contributed by atoms with E-state index < -0.39 is 0 Å². The molecule has 0 unspecified atom stereocenters. The Morgan fingerprint density at radius 3 is 2.06 bits per heavy atom. The number of hydrogen-bond donors (Lipinski definition) is 1. The first kappa shape index (κ1) is 12.5. The highest BCUT2D eigenvalue weighted by Gasteiger charge is 2.51. The minimum atomic E-state index is 0.311. The summed E-state index contributed by atoms with van der Waals surface area (Å²) in [6.45, 7) is 5.15. The standard InChI is InChI=1S/C16H27NO/c1-11(2)10-17-15(18)9-16-6-12-3-13(7-16)5-14(4-12)8-16/h11-14H,3-10H2,1-2H3,(H,17,18). The van der Waals surface area contributed by atoms with Gasteiger partial charge < -0.3 is 5.32 Å². The lowest BCUT2D eigenvalue weighted by atomic mass is 9.49. The SMILES string of the molecule is CC(C)CNC(=O)CC12CC3CC(CC(C3)C1)C2. The van der Waals surface area contributed by atoms with Crippen LogP contribution in [0.4, 0.5) is 0 Å². The molecule has 0 aromatic rings. The maximum atomic E-state index is 12.1. The van der Waals surface area contributed by atoms with Crippen molar-refractivity contribution < 1.29 is 4.79 Å². The molecule has 4 bridgehead atoms. The predicted octanol–water partition coefficient (Wildman–Crippen LogP) is 3.37. The van der Waals surface area contributed by atoms with Gasteiger partial charge in [-0.15, -0.1) is 0 Å². The van der Waals surface area contributed by atoms with E-state index in [1.54, 1.807) is 0 Å². The third-order valence-electron chi connectivity index (χ3n) is 5.41. The Kier molecular flexibility index (Phi) is 3.15. The summed E-state index contributed by atoms with van der Waals surface area (Å²) in [7, 11) is 0. The molecular weight excluding hydrogens is 222 g/mol. The molecule has 4 fully saturated rings. The number of hydrogen-bond acceptors (Lipinski definition) is 1. The summed E-state index contributed by atoms with van der Waals surface area (Å²) in [4.78, 5) is 12.1. The van der Waals surface area contributed by atoms with Gasteiger partial charge in [-0.05, 0) is 67.6 Å². The highest BCUT2D eigenvalue weighted by atomic mass is 16.1.